The number of phenolic OH excluding ortho intramolecular Hbond substituents is 2. The van der Waals surface area contributed by atoms with Gasteiger partial charge in [0.05, 0.1) is 0 Å². The van der Waals surface area contributed by atoms with Crippen molar-refractivity contribution in [2.24, 2.45) is 0 Å². The first kappa shape index (κ1) is 23.7. The maximum absolute atomic E-state index is 9.00. The van der Waals surface area contributed by atoms with E-state index in [0.717, 1.165) is 0 Å². The number of alkyl halides is 6. The van der Waals surface area contributed by atoms with E-state index in [-0.39, 0.29) is 37.7 Å². The van der Waals surface area contributed by atoms with Crippen LogP contribution in [0.5, 0.6) is 11.5 Å². The molecule has 2 aromatic rings. The Morgan fingerprint density at radius 2 is 0.913 bits per heavy atom. The molecule has 0 spiro atoms. The van der Waals surface area contributed by atoms with Gasteiger partial charge in [-0.15, -0.1) is 0 Å². The molecule has 9 heteroatoms. The average molecular weight is 514 g/mol. The quantitative estimate of drug-likeness (QED) is 0.398. The Hall–Kier alpha value is 0.663. The van der Waals surface area contributed by atoms with Crippen LogP contribution in [0.4, 0.5) is 0 Å². The number of hydrogen-bond donors (Lipinski definition) is 2. The molecule has 0 radical (unpaired) electrons. The number of aromatic hydroxyl groups is 2. The first-order valence-electron chi connectivity index (χ1n) is 5.72. The van der Waals surface area contributed by atoms with Crippen LogP contribution < -0.4 is 0 Å². The first-order chi connectivity index (χ1) is 10.00. The van der Waals surface area contributed by atoms with Gasteiger partial charge in [-0.1, -0.05) is 93.9 Å². The topological polar surface area (TPSA) is 40.5 Å². The predicted molar refractivity (Wildman–Crippen MR) is 94.7 cm³/mol. The van der Waals surface area contributed by atoms with Gasteiger partial charge in [0.15, 0.2) is 0 Å². The Balaban J connectivity index is 0.000000403. The Bertz CT molecular complexity index is 570. The molecule has 0 aliphatic heterocycles. The zero-order valence-corrected chi connectivity index (χ0v) is 18.3. The van der Waals surface area contributed by atoms with Gasteiger partial charge in [0.2, 0.25) is 7.59 Å². The van der Waals surface area contributed by atoms with E-state index in [9.17, 15) is 0 Å². The third-order valence-corrected chi connectivity index (χ3v) is 3.66. The summed E-state index contributed by atoms with van der Waals surface area (Å²) in [7, 11) is 0. The van der Waals surface area contributed by atoms with Crippen LogP contribution in [0.1, 0.15) is 11.1 Å². The molecule has 0 aromatic heterocycles. The number of hydrogen-bond acceptors (Lipinski definition) is 2. The molecule has 0 unspecified atom stereocenters. The third-order valence-electron chi connectivity index (χ3n) is 2.35. The molecule has 0 amide bonds. The van der Waals surface area contributed by atoms with Crippen LogP contribution in [-0.2, 0) is 33.8 Å². The van der Waals surface area contributed by atoms with Crippen molar-refractivity contribution in [3.05, 3.63) is 59.7 Å². The summed E-state index contributed by atoms with van der Waals surface area (Å²) >= 11 is 33.3. The van der Waals surface area contributed by atoms with Crippen molar-refractivity contribution in [3.8, 4) is 11.5 Å². The smallest absolute Gasteiger partial charge is 0.216 e. The molecule has 23 heavy (non-hydrogen) atoms. The minimum absolute atomic E-state index is 0. The molecule has 2 N–H and O–H groups in total. The zero-order chi connectivity index (χ0) is 17.0. The van der Waals surface area contributed by atoms with E-state index in [1.807, 2.05) is 0 Å². The number of rotatable bonds is 0. The van der Waals surface area contributed by atoms with Crippen LogP contribution in [0, 0.1) is 0 Å². The SMILES string of the molecule is Oc1cccc(C(Cl)(Cl)Cl)c1.Oc1cccc(C(Cl)(Cl)Cl)c1.[Zr]. The fraction of sp³-hybridized carbons (Fsp3) is 0.143. The minimum atomic E-state index is -1.46. The van der Waals surface area contributed by atoms with Crippen LogP contribution in [0.2, 0.25) is 0 Å². The summed E-state index contributed by atoms with van der Waals surface area (Å²) in [5, 5.41) is 18.0. The second-order valence-electron chi connectivity index (χ2n) is 4.10. The van der Waals surface area contributed by atoms with Crippen molar-refractivity contribution in [1.82, 2.24) is 0 Å². The van der Waals surface area contributed by atoms with Gasteiger partial charge in [0.25, 0.3) is 0 Å². The second kappa shape index (κ2) is 9.97. The molecule has 0 saturated carbocycles. The zero-order valence-electron chi connectivity index (χ0n) is 11.3. The number of halogens is 6. The maximum Gasteiger partial charge on any atom is 0.216 e. The van der Waals surface area contributed by atoms with Crippen molar-refractivity contribution in [1.29, 1.82) is 0 Å². The second-order valence-corrected chi connectivity index (χ2v) is 8.66. The molecule has 0 heterocycles. The standard InChI is InChI=1S/2C7H5Cl3O.Zr/c2*8-7(9,10)5-2-1-3-6(11)4-5;/h2*1-4,11H;. The van der Waals surface area contributed by atoms with Crippen LogP contribution in [0.15, 0.2) is 48.5 Å². The van der Waals surface area contributed by atoms with Crippen molar-refractivity contribution in [2.75, 3.05) is 0 Å². The van der Waals surface area contributed by atoms with Crippen molar-refractivity contribution in [2.45, 2.75) is 7.59 Å². The van der Waals surface area contributed by atoms with Crippen LogP contribution >= 0.6 is 69.6 Å². The van der Waals surface area contributed by atoms with Gasteiger partial charge in [-0.05, 0) is 24.3 Å². The summed E-state index contributed by atoms with van der Waals surface area (Å²) in [5.74, 6) is 0.183. The maximum atomic E-state index is 9.00. The van der Waals surface area contributed by atoms with E-state index in [4.69, 9.17) is 79.8 Å². The Labute approximate surface area is 183 Å². The van der Waals surface area contributed by atoms with Crippen molar-refractivity contribution < 1.29 is 36.4 Å². The van der Waals surface area contributed by atoms with E-state index >= 15 is 0 Å². The molecule has 2 aromatic carbocycles. The molecule has 0 atom stereocenters. The summed E-state index contributed by atoms with van der Waals surface area (Å²) in [6, 6.07) is 12.3. The summed E-state index contributed by atoms with van der Waals surface area (Å²) in [6.45, 7) is 0. The van der Waals surface area contributed by atoms with Gasteiger partial charge >= 0.3 is 0 Å². The van der Waals surface area contributed by atoms with Crippen LogP contribution in [-0.4, -0.2) is 10.2 Å². The van der Waals surface area contributed by atoms with Crippen LogP contribution in [0.3, 0.4) is 0 Å². The average Bonchev–Trinajstić information content (AvgIpc) is 2.37. The predicted octanol–water partition coefficient (Wildman–Crippen LogP) is 6.44. The largest absolute Gasteiger partial charge is 0.508 e. The van der Waals surface area contributed by atoms with E-state index in [0.29, 0.717) is 11.1 Å². The third kappa shape index (κ3) is 9.07. The molecule has 2 nitrogen and oxygen atoms in total. The van der Waals surface area contributed by atoms with E-state index < -0.39 is 7.59 Å². The fourth-order valence-corrected chi connectivity index (χ4v) is 2.07. The van der Waals surface area contributed by atoms with E-state index in [1.165, 1.54) is 24.3 Å². The van der Waals surface area contributed by atoms with Crippen molar-refractivity contribution >= 4 is 69.6 Å². The van der Waals surface area contributed by atoms with Gasteiger partial charge in [-0.25, -0.2) is 0 Å². The fourth-order valence-electron chi connectivity index (χ4n) is 1.36. The number of benzene rings is 2. The summed E-state index contributed by atoms with van der Waals surface area (Å²) < 4.78 is -2.92. The molecule has 0 aliphatic rings. The van der Waals surface area contributed by atoms with E-state index in [1.54, 1.807) is 24.3 Å². The Morgan fingerprint density at radius 3 is 1.09 bits per heavy atom. The van der Waals surface area contributed by atoms with Gasteiger partial charge in [-0.3, -0.25) is 0 Å². The molecule has 0 fully saturated rings. The molecule has 0 bridgehead atoms. The Morgan fingerprint density at radius 1 is 0.609 bits per heavy atom. The van der Waals surface area contributed by atoms with Crippen LogP contribution in [0.25, 0.3) is 0 Å². The first-order valence-corrected chi connectivity index (χ1v) is 7.99. The van der Waals surface area contributed by atoms with Gasteiger partial charge in [0, 0.05) is 37.3 Å². The van der Waals surface area contributed by atoms with Gasteiger partial charge < -0.3 is 10.2 Å². The summed E-state index contributed by atoms with van der Waals surface area (Å²) in [4.78, 5) is 0. The summed E-state index contributed by atoms with van der Waals surface area (Å²) in [5.41, 5.74) is 0.921. The Kier molecular flexibility index (Phi) is 10.3. The van der Waals surface area contributed by atoms with Crippen molar-refractivity contribution in [3.63, 3.8) is 0 Å². The molecular formula is C14H10Cl6O2Zr. The molecule has 2 rings (SSSR count). The van der Waals surface area contributed by atoms with E-state index in [2.05, 4.69) is 0 Å². The van der Waals surface area contributed by atoms with Gasteiger partial charge in [0.1, 0.15) is 11.5 Å². The number of phenols is 2. The van der Waals surface area contributed by atoms with Gasteiger partial charge in [-0.2, -0.15) is 0 Å². The molecule has 0 aliphatic carbocycles. The normalized spacial score (nSPS) is 11.0. The monoisotopic (exact) mass is 510 g/mol. The summed E-state index contributed by atoms with van der Waals surface area (Å²) in [6.07, 6.45) is 0. The minimum Gasteiger partial charge on any atom is -0.508 e. The molecule has 124 valence electrons. The molecular weight excluding hydrogens is 504 g/mol. The molecule has 0 saturated heterocycles.